The average molecular weight is 269 g/mol. The second kappa shape index (κ2) is 7.58. The van der Waals surface area contributed by atoms with Crippen LogP contribution in [-0.4, -0.2) is 29.9 Å². The van der Waals surface area contributed by atoms with Gasteiger partial charge in [0.05, 0.1) is 6.10 Å². The van der Waals surface area contributed by atoms with Crippen LogP contribution in [0.2, 0.25) is 0 Å². The highest BCUT2D eigenvalue weighted by Crippen LogP contribution is 2.21. The van der Waals surface area contributed by atoms with Gasteiger partial charge in [0.1, 0.15) is 5.82 Å². The summed E-state index contributed by atoms with van der Waals surface area (Å²) in [5, 5.41) is 22.0. The van der Waals surface area contributed by atoms with E-state index in [1.54, 1.807) is 12.1 Å². The molecule has 0 aliphatic rings. The van der Waals surface area contributed by atoms with Crippen LogP contribution in [0.4, 0.5) is 4.39 Å². The quantitative estimate of drug-likeness (QED) is 0.678. The molecule has 1 aromatic rings. The molecule has 3 N–H and O–H groups in total. The fourth-order valence-corrected chi connectivity index (χ4v) is 2.02. The summed E-state index contributed by atoms with van der Waals surface area (Å²) in [6.07, 6.45) is 0.998. The number of halogens is 1. The smallest absolute Gasteiger partial charge is 0.123 e. The van der Waals surface area contributed by atoms with Gasteiger partial charge in [0.25, 0.3) is 0 Å². The third kappa shape index (κ3) is 6.14. The summed E-state index contributed by atoms with van der Waals surface area (Å²) in [7, 11) is 0. The number of hydrogen-bond acceptors (Lipinski definition) is 3. The van der Waals surface area contributed by atoms with Gasteiger partial charge in [-0.1, -0.05) is 26.0 Å². The SMILES string of the molecule is CC(C)(CCCO)CNCC(O)c1cccc(F)c1. The molecule has 0 fully saturated rings. The summed E-state index contributed by atoms with van der Waals surface area (Å²) in [5.74, 6) is -0.333. The van der Waals surface area contributed by atoms with Crippen LogP contribution >= 0.6 is 0 Å². The van der Waals surface area contributed by atoms with E-state index in [1.165, 1.54) is 12.1 Å². The van der Waals surface area contributed by atoms with Crippen molar-refractivity contribution in [1.82, 2.24) is 5.32 Å². The molecule has 0 saturated carbocycles. The zero-order valence-corrected chi connectivity index (χ0v) is 11.7. The van der Waals surface area contributed by atoms with Crippen molar-refractivity contribution < 1.29 is 14.6 Å². The van der Waals surface area contributed by atoms with Crippen molar-refractivity contribution in [3.05, 3.63) is 35.6 Å². The van der Waals surface area contributed by atoms with Gasteiger partial charge in [0, 0.05) is 19.7 Å². The molecule has 0 bridgehead atoms. The molecule has 0 spiro atoms. The van der Waals surface area contributed by atoms with Gasteiger partial charge in [-0.3, -0.25) is 0 Å². The Kier molecular flexibility index (Phi) is 6.42. The van der Waals surface area contributed by atoms with E-state index in [4.69, 9.17) is 5.11 Å². The van der Waals surface area contributed by atoms with Crippen molar-refractivity contribution in [3.8, 4) is 0 Å². The number of rotatable bonds is 8. The molecule has 0 aliphatic heterocycles. The number of benzene rings is 1. The van der Waals surface area contributed by atoms with Crippen LogP contribution in [0, 0.1) is 11.2 Å². The van der Waals surface area contributed by atoms with Crippen molar-refractivity contribution in [2.45, 2.75) is 32.8 Å². The molecule has 1 unspecified atom stereocenters. The van der Waals surface area contributed by atoms with Crippen molar-refractivity contribution in [3.63, 3.8) is 0 Å². The maximum atomic E-state index is 13.0. The molecule has 0 radical (unpaired) electrons. The van der Waals surface area contributed by atoms with Crippen LogP contribution in [0.3, 0.4) is 0 Å². The fourth-order valence-electron chi connectivity index (χ4n) is 2.02. The molecule has 0 saturated heterocycles. The second-order valence-corrected chi connectivity index (χ2v) is 5.69. The van der Waals surface area contributed by atoms with Crippen LogP contribution < -0.4 is 5.32 Å². The Labute approximate surface area is 114 Å². The molecule has 0 amide bonds. The molecule has 1 aromatic carbocycles. The van der Waals surface area contributed by atoms with Gasteiger partial charge in [-0.2, -0.15) is 0 Å². The second-order valence-electron chi connectivity index (χ2n) is 5.69. The summed E-state index contributed by atoms with van der Waals surface area (Å²) < 4.78 is 13.0. The monoisotopic (exact) mass is 269 g/mol. The van der Waals surface area contributed by atoms with Crippen molar-refractivity contribution in [2.24, 2.45) is 5.41 Å². The van der Waals surface area contributed by atoms with E-state index >= 15 is 0 Å². The Morgan fingerprint density at radius 2 is 2.11 bits per heavy atom. The van der Waals surface area contributed by atoms with E-state index in [0.29, 0.717) is 12.1 Å². The highest BCUT2D eigenvalue weighted by molar-refractivity contribution is 5.18. The molecule has 108 valence electrons. The van der Waals surface area contributed by atoms with Crippen molar-refractivity contribution >= 4 is 0 Å². The van der Waals surface area contributed by atoms with Gasteiger partial charge in [-0.05, 0) is 36.0 Å². The lowest BCUT2D eigenvalue weighted by molar-refractivity contribution is 0.164. The maximum Gasteiger partial charge on any atom is 0.123 e. The summed E-state index contributed by atoms with van der Waals surface area (Å²) in [4.78, 5) is 0. The average Bonchev–Trinajstić information content (AvgIpc) is 2.36. The topological polar surface area (TPSA) is 52.5 Å². The Morgan fingerprint density at radius 3 is 2.74 bits per heavy atom. The lowest BCUT2D eigenvalue weighted by atomic mass is 9.88. The van der Waals surface area contributed by atoms with Crippen LogP contribution in [0.5, 0.6) is 0 Å². The summed E-state index contributed by atoms with van der Waals surface area (Å²) >= 11 is 0. The lowest BCUT2D eigenvalue weighted by Gasteiger charge is -2.25. The highest BCUT2D eigenvalue weighted by atomic mass is 19.1. The van der Waals surface area contributed by atoms with Gasteiger partial charge in [0.2, 0.25) is 0 Å². The molecule has 0 aromatic heterocycles. The fraction of sp³-hybridized carbons (Fsp3) is 0.600. The lowest BCUT2D eigenvalue weighted by Crippen LogP contribution is -2.32. The molecule has 1 rings (SSSR count). The first-order valence-electron chi connectivity index (χ1n) is 6.70. The highest BCUT2D eigenvalue weighted by Gasteiger charge is 2.17. The molecule has 4 heteroatoms. The zero-order chi connectivity index (χ0) is 14.3. The molecule has 1 atom stereocenters. The minimum Gasteiger partial charge on any atom is -0.396 e. The predicted octanol–water partition coefficient (Wildman–Crippen LogP) is 2.25. The standard InChI is InChI=1S/C15H24FNO2/c1-15(2,7-4-8-18)11-17-10-14(19)12-5-3-6-13(16)9-12/h3,5-6,9,14,17-19H,4,7-8,10-11H2,1-2H3. The predicted molar refractivity (Wildman–Crippen MR) is 74.3 cm³/mol. The maximum absolute atomic E-state index is 13.0. The largest absolute Gasteiger partial charge is 0.396 e. The van der Waals surface area contributed by atoms with Crippen LogP contribution in [0.25, 0.3) is 0 Å². The van der Waals surface area contributed by atoms with E-state index in [2.05, 4.69) is 19.2 Å². The number of hydrogen-bond donors (Lipinski definition) is 3. The molecule has 0 heterocycles. The molecule has 0 aliphatic carbocycles. The number of aliphatic hydroxyl groups excluding tert-OH is 2. The van der Waals surface area contributed by atoms with Gasteiger partial charge >= 0.3 is 0 Å². The minimum atomic E-state index is -0.704. The van der Waals surface area contributed by atoms with Crippen LogP contribution in [0.1, 0.15) is 38.4 Å². The summed E-state index contributed by atoms with van der Waals surface area (Å²) in [6, 6.07) is 6.02. The summed E-state index contributed by atoms with van der Waals surface area (Å²) in [6.45, 7) is 5.58. The Morgan fingerprint density at radius 1 is 1.37 bits per heavy atom. The number of nitrogens with one attached hydrogen (secondary N) is 1. The third-order valence-electron chi connectivity index (χ3n) is 3.19. The Bertz CT molecular complexity index is 382. The van der Waals surface area contributed by atoms with Gasteiger partial charge < -0.3 is 15.5 Å². The first-order chi connectivity index (χ1) is 8.94. The minimum absolute atomic E-state index is 0.0738. The van der Waals surface area contributed by atoms with E-state index in [0.717, 1.165) is 19.4 Å². The van der Waals surface area contributed by atoms with E-state index < -0.39 is 6.10 Å². The first kappa shape index (κ1) is 16.1. The molecule has 19 heavy (non-hydrogen) atoms. The third-order valence-corrected chi connectivity index (χ3v) is 3.19. The Balaban J connectivity index is 2.36. The zero-order valence-electron chi connectivity index (χ0n) is 11.7. The van der Waals surface area contributed by atoms with Gasteiger partial charge in [-0.15, -0.1) is 0 Å². The van der Waals surface area contributed by atoms with Crippen LogP contribution in [0.15, 0.2) is 24.3 Å². The van der Waals surface area contributed by atoms with E-state index in [1.807, 2.05) is 0 Å². The van der Waals surface area contributed by atoms with Crippen LogP contribution in [-0.2, 0) is 0 Å². The number of aliphatic hydroxyl groups is 2. The Hall–Kier alpha value is -0.970. The van der Waals surface area contributed by atoms with Crippen molar-refractivity contribution in [2.75, 3.05) is 19.7 Å². The molecule has 3 nitrogen and oxygen atoms in total. The molecular formula is C15H24FNO2. The van der Waals surface area contributed by atoms with E-state index in [9.17, 15) is 9.50 Å². The van der Waals surface area contributed by atoms with Crippen molar-refractivity contribution in [1.29, 1.82) is 0 Å². The normalized spacial score (nSPS) is 13.5. The first-order valence-corrected chi connectivity index (χ1v) is 6.70. The van der Waals surface area contributed by atoms with Gasteiger partial charge in [-0.25, -0.2) is 4.39 Å². The van der Waals surface area contributed by atoms with Gasteiger partial charge in [0.15, 0.2) is 0 Å². The summed E-state index contributed by atoms with van der Waals surface area (Å²) in [5.41, 5.74) is 0.658. The molecular weight excluding hydrogens is 245 g/mol. The van der Waals surface area contributed by atoms with E-state index in [-0.39, 0.29) is 17.8 Å².